The van der Waals surface area contributed by atoms with Gasteiger partial charge in [-0.2, -0.15) is 0 Å². The zero-order chi connectivity index (χ0) is 40.1. The molecule has 0 fully saturated rings. The molecule has 0 radical (unpaired) electrons. The number of para-hydroxylation sites is 4. The molecule has 12 heteroatoms. The number of carbonyl (C=O) groups is 2. The Labute approximate surface area is 340 Å². The third-order valence-corrected chi connectivity index (χ3v) is 12.2. The fourth-order valence-corrected chi connectivity index (χ4v) is 9.36. The van der Waals surface area contributed by atoms with Crippen molar-refractivity contribution in [1.82, 2.24) is 29.1 Å². The molecule has 0 aliphatic carbocycles. The second-order valence-corrected chi connectivity index (χ2v) is 18.4. The number of aromatic nitrogens is 6. The lowest BCUT2D eigenvalue weighted by Gasteiger charge is -2.20. The topological polar surface area (TPSA) is 114 Å². The Morgan fingerprint density at radius 2 is 0.845 bits per heavy atom. The van der Waals surface area contributed by atoms with Gasteiger partial charge in [-0.25, -0.2) is 38.7 Å². The molecule has 0 atom stereocenters. The summed E-state index contributed by atoms with van der Waals surface area (Å²) in [4.78, 5) is 51.3. The Bertz CT molecular complexity index is 3100. The van der Waals surface area contributed by atoms with Crippen LogP contribution in [0.5, 0.6) is 0 Å². The predicted octanol–water partition coefficient (Wildman–Crippen LogP) is 12.5. The highest BCUT2D eigenvalue weighted by molar-refractivity contribution is 7.25. The summed E-state index contributed by atoms with van der Waals surface area (Å²) in [7, 11) is 0. The van der Waals surface area contributed by atoms with Crippen LogP contribution in [0.15, 0.2) is 109 Å². The molecule has 6 aromatic heterocycles. The molecule has 286 valence electrons. The number of fused-ring (bicyclic) bond motifs is 8. The molecular weight excluding hydrogens is 765 g/mol. The molecule has 10 aromatic rings. The standard InChI is InChI=1S/C46H36N6O4S2/c1-45(2,3)55-43(53)51-33-17-15-25(23-27(33)39-41(51)49-31-13-9-7-11-29(31)47-39)35-19-21-37(57-35)38-22-20-36(58-38)26-16-18-34-28(24-26)40-42(52(34)44(54)56-46(4,5)6)50-32-14-10-8-12-30(32)48-40/h7-24H,1-6H3. The van der Waals surface area contributed by atoms with Gasteiger partial charge < -0.3 is 9.47 Å². The van der Waals surface area contributed by atoms with Gasteiger partial charge >= 0.3 is 12.2 Å². The second kappa shape index (κ2) is 13.0. The SMILES string of the molecule is CC(C)(C)OC(=O)n1c2ccc(-c3ccc(-c4ccc(-c5ccc6c(c5)c5nc7ccccc7nc5n6C(=O)OC(C)(C)C)s4)s3)cc2c2nc3ccccc3nc21. The Balaban J connectivity index is 1.02. The van der Waals surface area contributed by atoms with Crippen LogP contribution in [0.2, 0.25) is 0 Å². The average Bonchev–Trinajstić information content (AvgIpc) is 3.98. The van der Waals surface area contributed by atoms with Crippen molar-refractivity contribution >= 4 is 101 Å². The normalized spacial score (nSPS) is 12.4. The van der Waals surface area contributed by atoms with Crippen LogP contribution in [0.3, 0.4) is 0 Å². The maximum absolute atomic E-state index is 13.6. The van der Waals surface area contributed by atoms with Gasteiger partial charge in [0.2, 0.25) is 0 Å². The summed E-state index contributed by atoms with van der Waals surface area (Å²) < 4.78 is 14.7. The summed E-state index contributed by atoms with van der Waals surface area (Å²) in [5.74, 6) is 0. The predicted molar refractivity (Wildman–Crippen MR) is 234 cm³/mol. The maximum Gasteiger partial charge on any atom is 0.420 e. The van der Waals surface area contributed by atoms with E-state index in [-0.39, 0.29) is 0 Å². The number of thiophene rings is 2. The van der Waals surface area contributed by atoms with Gasteiger partial charge in [0.15, 0.2) is 11.3 Å². The summed E-state index contributed by atoms with van der Waals surface area (Å²) in [6.45, 7) is 11.1. The number of benzene rings is 4. The van der Waals surface area contributed by atoms with Crippen LogP contribution in [-0.4, -0.2) is 52.5 Å². The zero-order valence-corrected chi connectivity index (χ0v) is 34.2. The molecule has 0 amide bonds. The van der Waals surface area contributed by atoms with Crippen LogP contribution in [0, 0.1) is 0 Å². The smallest absolute Gasteiger partial charge is 0.420 e. The quantitative estimate of drug-likeness (QED) is 0.173. The number of nitrogens with zero attached hydrogens (tertiary/aromatic N) is 6. The van der Waals surface area contributed by atoms with E-state index in [2.05, 4.69) is 36.4 Å². The van der Waals surface area contributed by atoms with Gasteiger partial charge in [-0.1, -0.05) is 36.4 Å². The second-order valence-electron chi connectivity index (χ2n) is 16.2. The summed E-state index contributed by atoms with van der Waals surface area (Å²) in [6.07, 6.45) is -0.989. The van der Waals surface area contributed by atoms with E-state index >= 15 is 0 Å². The fourth-order valence-electron chi connectivity index (χ4n) is 7.27. The van der Waals surface area contributed by atoms with Crippen LogP contribution in [0.1, 0.15) is 41.5 Å². The lowest BCUT2D eigenvalue weighted by molar-refractivity contribution is 0.0539. The number of carbonyl (C=O) groups excluding carboxylic acids is 2. The van der Waals surface area contributed by atoms with Crippen LogP contribution in [-0.2, 0) is 9.47 Å². The van der Waals surface area contributed by atoms with Crippen molar-refractivity contribution in [2.75, 3.05) is 0 Å². The number of ether oxygens (including phenoxy) is 2. The number of hydrogen-bond donors (Lipinski definition) is 0. The number of rotatable bonds is 3. The van der Waals surface area contributed by atoms with Crippen LogP contribution >= 0.6 is 22.7 Å². The molecular formula is C46H36N6O4S2. The van der Waals surface area contributed by atoms with E-state index in [1.165, 1.54) is 9.13 Å². The van der Waals surface area contributed by atoms with E-state index in [9.17, 15) is 9.59 Å². The first-order chi connectivity index (χ1) is 27.8. The van der Waals surface area contributed by atoms with E-state index in [1.807, 2.05) is 114 Å². The van der Waals surface area contributed by atoms with Gasteiger partial charge in [-0.3, -0.25) is 0 Å². The molecule has 6 heterocycles. The Kier molecular flexibility index (Phi) is 8.05. The van der Waals surface area contributed by atoms with E-state index in [4.69, 9.17) is 29.4 Å². The van der Waals surface area contributed by atoms with Gasteiger partial charge in [0.25, 0.3) is 0 Å². The van der Waals surface area contributed by atoms with Crippen LogP contribution in [0.25, 0.3) is 96.8 Å². The Hall–Kier alpha value is -6.50. The first kappa shape index (κ1) is 35.9. The molecule has 0 saturated heterocycles. The van der Waals surface area contributed by atoms with Crippen molar-refractivity contribution in [3.63, 3.8) is 0 Å². The zero-order valence-electron chi connectivity index (χ0n) is 32.5. The highest BCUT2D eigenvalue weighted by Crippen LogP contribution is 2.43. The largest absolute Gasteiger partial charge is 0.443 e. The minimum Gasteiger partial charge on any atom is -0.443 e. The minimum atomic E-state index is -0.682. The van der Waals surface area contributed by atoms with E-state index < -0.39 is 23.4 Å². The van der Waals surface area contributed by atoms with Crippen molar-refractivity contribution in [3.8, 4) is 30.6 Å². The summed E-state index contributed by atoms with van der Waals surface area (Å²) in [5.41, 5.74) is 7.17. The van der Waals surface area contributed by atoms with Crippen molar-refractivity contribution < 1.29 is 19.1 Å². The van der Waals surface area contributed by atoms with Crippen molar-refractivity contribution in [2.45, 2.75) is 52.7 Å². The van der Waals surface area contributed by atoms with Crippen LogP contribution < -0.4 is 0 Å². The average molecular weight is 801 g/mol. The Morgan fingerprint density at radius 3 is 1.22 bits per heavy atom. The lowest BCUT2D eigenvalue weighted by atomic mass is 10.1. The van der Waals surface area contributed by atoms with Crippen molar-refractivity contribution in [2.24, 2.45) is 0 Å². The van der Waals surface area contributed by atoms with Crippen molar-refractivity contribution in [1.29, 1.82) is 0 Å². The van der Waals surface area contributed by atoms with Gasteiger partial charge in [-0.15, -0.1) is 22.7 Å². The third-order valence-electron chi connectivity index (χ3n) is 9.69. The first-order valence-electron chi connectivity index (χ1n) is 18.9. The summed E-state index contributed by atoms with van der Waals surface area (Å²) in [5, 5.41) is 1.65. The first-order valence-corrected chi connectivity index (χ1v) is 20.5. The molecule has 0 bridgehead atoms. The van der Waals surface area contributed by atoms with Gasteiger partial charge in [0, 0.05) is 30.3 Å². The van der Waals surface area contributed by atoms with E-state index in [0.717, 1.165) is 52.4 Å². The molecule has 4 aromatic carbocycles. The molecule has 0 unspecified atom stereocenters. The molecule has 0 spiro atoms. The monoisotopic (exact) mass is 800 g/mol. The van der Waals surface area contributed by atoms with Crippen LogP contribution in [0.4, 0.5) is 9.59 Å². The molecule has 0 saturated carbocycles. The highest BCUT2D eigenvalue weighted by Gasteiger charge is 2.27. The van der Waals surface area contributed by atoms with E-state index in [0.29, 0.717) is 44.4 Å². The van der Waals surface area contributed by atoms with Gasteiger partial charge in [0.05, 0.1) is 33.1 Å². The van der Waals surface area contributed by atoms with E-state index in [1.54, 1.807) is 22.7 Å². The lowest BCUT2D eigenvalue weighted by Crippen LogP contribution is -2.27. The maximum atomic E-state index is 13.6. The molecule has 0 aliphatic rings. The summed E-state index contributed by atoms with van der Waals surface area (Å²) in [6, 6.07) is 36.1. The molecule has 0 N–H and O–H groups in total. The van der Waals surface area contributed by atoms with Gasteiger partial charge in [-0.05, 0) is 125 Å². The minimum absolute atomic E-state index is 0.464. The van der Waals surface area contributed by atoms with Crippen molar-refractivity contribution in [3.05, 3.63) is 109 Å². The third kappa shape index (κ3) is 6.16. The molecule has 0 aliphatic heterocycles. The summed E-state index contributed by atoms with van der Waals surface area (Å²) >= 11 is 3.41. The number of hydrogen-bond acceptors (Lipinski definition) is 10. The Morgan fingerprint density at radius 1 is 0.483 bits per heavy atom. The van der Waals surface area contributed by atoms with Gasteiger partial charge in [0.1, 0.15) is 22.2 Å². The molecule has 10 nitrogen and oxygen atoms in total. The highest BCUT2D eigenvalue weighted by atomic mass is 32.1. The molecule has 58 heavy (non-hydrogen) atoms. The fraction of sp³-hybridized carbons (Fsp3) is 0.174. The molecule has 10 rings (SSSR count).